The number of aromatic hydroxyl groups is 1. The quantitative estimate of drug-likeness (QED) is 0.397. The zero-order valence-corrected chi connectivity index (χ0v) is 20.4. The van der Waals surface area contributed by atoms with Gasteiger partial charge in [0, 0.05) is 17.2 Å². The first-order valence-corrected chi connectivity index (χ1v) is 12.4. The van der Waals surface area contributed by atoms with Gasteiger partial charge in [-0.25, -0.2) is 8.42 Å². The van der Waals surface area contributed by atoms with Gasteiger partial charge in [-0.1, -0.05) is 42.5 Å². The fourth-order valence-corrected chi connectivity index (χ4v) is 5.10. The van der Waals surface area contributed by atoms with E-state index in [-0.39, 0.29) is 17.7 Å². The average molecular weight is 487 g/mol. The number of sulfonamides is 1. The summed E-state index contributed by atoms with van der Waals surface area (Å²) in [5.74, 6) is 0.551. The molecule has 0 radical (unpaired) electrons. The number of nitrogens with zero attached hydrogens (tertiary/aromatic N) is 1. The number of phenolic OH excluding ortho intramolecular Hbond substituents is 1. The molecular weight excluding hydrogens is 456 g/mol. The van der Waals surface area contributed by atoms with Crippen LogP contribution in [0.4, 0.5) is 5.69 Å². The minimum Gasteiger partial charge on any atom is -0.505 e. The number of ether oxygens (including phenoxy) is 2. The van der Waals surface area contributed by atoms with Gasteiger partial charge >= 0.3 is 0 Å². The van der Waals surface area contributed by atoms with E-state index in [0.717, 1.165) is 16.1 Å². The van der Waals surface area contributed by atoms with Gasteiger partial charge in [0.05, 0.1) is 32.2 Å². The fraction of sp³-hybridized carbons (Fsp3) is 0.280. The summed E-state index contributed by atoms with van der Waals surface area (Å²) < 4.78 is 38.5. The maximum Gasteiger partial charge on any atom is 0.232 e. The molecule has 0 spiro atoms. The molecule has 2 atom stereocenters. The van der Waals surface area contributed by atoms with Gasteiger partial charge in [-0.3, -0.25) is 10.0 Å². The smallest absolute Gasteiger partial charge is 0.232 e. The molecule has 3 aromatic rings. The Morgan fingerprint density at radius 3 is 2.26 bits per heavy atom. The summed E-state index contributed by atoms with van der Waals surface area (Å²) >= 11 is 0. The lowest BCUT2D eigenvalue weighted by atomic mass is 9.96. The largest absolute Gasteiger partial charge is 0.505 e. The second-order valence-corrected chi connectivity index (χ2v) is 10.1. The van der Waals surface area contributed by atoms with Crippen LogP contribution < -0.4 is 19.5 Å². The Hall–Kier alpha value is -3.27. The summed E-state index contributed by atoms with van der Waals surface area (Å²) in [7, 11) is -0.926. The molecule has 0 aromatic heterocycles. The van der Waals surface area contributed by atoms with Crippen molar-refractivity contribution in [1.82, 2.24) is 0 Å². The van der Waals surface area contributed by atoms with Crippen molar-refractivity contribution in [3.8, 4) is 17.2 Å². The summed E-state index contributed by atoms with van der Waals surface area (Å²) in [5.41, 5.74) is 5.37. The highest BCUT2D eigenvalue weighted by atomic mass is 32.2. The van der Waals surface area contributed by atoms with Crippen molar-refractivity contribution in [2.75, 3.05) is 24.8 Å². The molecule has 8 nitrogen and oxygen atoms in total. The molecule has 0 heterocycles. The van der Waals surface area contributed by atoms with E-state index in [1.165, 1.54) is 39.3 Å². The molecule has 0 saturated heterocycles. The van der Waals surface area contributed by atoms with E-state index in [1.54, 1.807) is 18.2 Å². The molecule has 3 rings (SSSR count). The number of para-hydroxylation sites is 1. The van der Waals surface area contributed by atoms with Gasteiger partial charge in [0.15, 0.2) is 0 Å². The van der Waals surface area contributed by atoms with E-state index in [2.05, 4.69) is 0 Å². The van der Waals surface area contributed by atoms with E-state index in [9.17, 15) is 18.6 Å². The van der Waals surface area contributed by atoms with Crippen LogP contribution in [0.15, 0.2) is 66.7 Å². The van der Waals surface area contributed by atoms with Crippen LogP contribution in [0.1, 0.15) is 29.7 Å². The van der Waals surface area contributed by atoms with Gasteiger partial charge in [-0.15, -0.1) is 0 Å². The molecular formula is C25H30N2O6S. The molecule has 0 aliphatic heterocycles. The maximum absolute atomic E-state index is 13.2. The predicted octanol–water partition coefficient (Wildman–Crippen LogP) is 3.28. The second-order valence-electron chi connectivity index (χ2n) is 8.19. The molecule has 4 N–H and O–H groups in total. The van der Waals surface area contributed by atoms with Crippen molar-refractivity contribution in [3.05, 3.63) is 83.4 Å². The van der Waals surface area contributed by atoms with Crippen LogP contribution >= 0.6 is 0 Å². The third-order valence-corrected chi connectivity index (χ3v) is 6.68. The van der Waals surface area contributed by atoms with E-state index < -0.39 is 27.5 Å². The summed E-state index contributed by atoms with van der Waals surface area (Å²) in [5, 5.41) is 21.4. The number of nitrogens with two attached hydrogens (primary N) is 1. The summed E-state index contributed by atoms with van der Waals surface area (Å²) in [6, 6.07) is 18.2. The van der Waals surface area contributed by atoms with Crippen LogP contribution in [-0.2, 0) is 22.2 Å². The maximum atomic E-state index is 13.2. The molecule has 0 amide bonds. The van der Waals surface area contributed by atoms with Crippen LogP contribution in [-0.4, -0.2) is 39.1 Å². The van der Waals surface area contributed by atoms with Crippen molar-refractivity contribution in [2.45, 2.75) is 25.1 Å². The zero-order chi connectivity index (χ0) is 25.1. The number of phenols is 1. The minimum atomic E-state index is -3.95. The number of methoxy groups -OCH3 is 2. The zero-order valence-electron chi connectivity index (χ0n) is 19.6. The molecule has 3 aromatic carbocycles. The van der Waals surface area contributed by atoms with Crippen molar-refractivity contribution >= 4 is 15.7 Å². The fourth-order valence-electron chi connectivity index (χ4n) is 3.95. The molecule has 0 saturated carbocycles. The summed E-state index contributed by atoms with van der Waals surface area (Å²) in [4.78, 5) is 0. The highest BCUT2D eigenvalue weighted by Crippen LogP contribution is 2.43. The lowest BCUT2D eigenvalue weighted by Crippen LogP contribution is -2.37. The van der Waals surface area contributed by atoms with Crippen molar-refractivity contribution in [3.63, 3.8) is 0 Å². The second kappa shape index (κ2) is 9.92. The average Bonchev–Trinajstić information content (AvgIpc) is 2.78. The predicted molar refractivity (Wildman–Crippen MR) is 132 cm³/mol. The van der Waals surface area contributed by atoms with Crippen LogP contribution in [0.25, 0.3) is 0 Å². The highest BCUT2D eigenvalue weighted by molar-refractivity contribution is 7.92. The third kappa shape index (κ3) is 5.44. The molecule has 182 valence electrons. The number of anilines is 1. The van der Waals surface area contributed by atoms with Gasteiger partial charge in [0.25, 0.3) is 0 Å². The Morgan fingerprint density at radius 1 is 1.03 bits per heavy atom. The van der Waals surface area contributed by atoms with Gasteiger partial charge < -0.3 is 19.7 Å². The van der Waals surface area contributed by atoms with Crippen molar-refractivity contribution in [2.24, 2.45) is 5.73 Å². The minimum absolute atomic E-state index is 0.00110. The Labute approximate surface area is 200 Å². The number of hydrogen-bond acceptors (Lipinski definition) is 7. The molecule has 2 unspecified atom stereocenters. The number of rotatable bonds is 9. The lowest BCUT2D eigenvalue weighted by Gasteiger charge is -2.34. The van der Waals surface area contributed by atoms with Gasteiger partial charge in [0.1, 0.15) is 23.0 Å². The Bertz CT molecular complexity index is 1240. The van der Waals surface area contributed by atoms with E-state index in [1.807, 2.05) is 30.3 Å². The molecule has 0 aliphatic carbocycles. The first-order chi connectivity index (χ1) is 16.0. The molecule has 34 heavy (non-hydrogen) atoms. The van der Waals surface area contributed by atoms with Crippen molar-refractivity contribution in [1.29, 1.82) is 0 Å². The Kier molecular flexibility index (Phi) is 7.40. The van der Waals surface area contributed by atoms with E-state index in [4.69, 9.17) is 15.2 Å². The molecule has 0 aliphatic rings. The first kappa shape index (κ1) is 25.4. The lowest BCUT2D eigenvalue weighted by molar-refractivity contribution is 0.0621. The van der Waals surface area contributed by atoms with Crippen LogP contribution in [0, 0.1) is 0 Å². The topological polar surface area (TPSA) is 122 Å². The number of benzene rings is 3. The van der Waals surface area contributed by atoms with Crippen LogP contribution in [0.5, 0.6) is 17.2 Å². The molecule has 0 bridgehead atoms. The van der Waals surface area contributed by atoms with Crippen LogP contribution in [0.2, 0.25) is 0 Å². The summed E-state index contributed by atoms with van der Waals surface area (Å²) in [6.07, 6.45) is 1.34. The number of aliphatic hydroxyl groups is 1. The molecule has 9 heteroatoms. The molecule has 0 fully saturated rings. The SMILES string of the molecule is COc1ccc(C(Cc2ccccc2)N(c2cccc(C(C)(N)O)c2O)S(C)(=O)=O)c(OC)c1. The van der Waals surface area contributed by atoms with E-state index >= 15 is 0 Å². The normalized spacial score (nSPS) is 14.2. The van der Waals surface area contributed by atoms with E-state index in [0.29, 0.717) is 17.1 Å². The van der Waals surface area contributed by atoms with Crippen molar-refractivity contribution < 1.29 is 28.1 Å². The number of hydrogen-bond donors (Lipinski definition) is 3. The van der Waals surface area contributed by atoms with Crippen LogP contribution in [0.3, 0.4) is 0 Å². The van der Waals surface area contributed by atoms with Gasteiger partial charge in [-0.05, 0) is 37.1 Å². The van der Waals surface area contributed by atoms with Gasteiger partial charge in [0.2, 0.25) is 10.0 Å². The summed E-state index contributed by atoms with van der Waals surface area (Å²) in [6.45, 7) is 1.31. The highest BCUT2D eigenvalue weighted by Gasteiger charge is 2.34. The standard InChI is InChI=1S/C25H30N2O6S/c1-25(26,29)20-11-8-12-21(24(20)28)27(34(4,30)31)22(15-17-9-6-5-7-10-17)19-14-13-18(32-2)16-23(19)33-3/h5-14,16,22,28-29H,15,26H2,1-4H3. The Balaban J connectivity index is 2.30. The van der Waals surface area contributed by atoms with Gasteiger partial charge in [-0.2, -0.15) is 0 Å². The Morgan fingerprint density at radius 2 is 1.71 bits per heavy atom. The monoisotopic (exact) mass is 486 g/mol. The first-order valence-electron chi connectivity index (χ1n) is 10.6. The third-order valence-electron chi connectivity index (χ3n) is 5.51.